The highest BCUT2D eigenvalue weighted by atomic mass is 16.5. The van der Waals surface area contributed by atoms with Crippen LogP contribution in [-0.4, -0.2) is 30.0 Å². The van der Waals surface area contributed by atoms with E-state index in [1.165, 1.54) is 0 Å². The van der Waals surface area contributed by atoms with Gasteiger partial charge in [0.15, 0.2) is 0 Å². The maximum atomic E-state index is 5.06. The highest BCUT2D eigenvalue weighted by Crippen LogP contribution is 2.03. The van der Waals surface area contributed by atoms with Gasteiger partial charge >= 0.3 is 0 Å². The standard InChI is InChI=1S/C9H15N3O/c1-3-8(7-13-2)11-9-5-4-6-10-12-9/h4-6,8H,3,7H2,1-2H3,(H,11,12). The van der Waals surface area contributed by atoms with Crippen molar-refractivity contribution in [1.82, 2.24) is 10.2 Å². The molecular weight excluding hydrogens is 166 g/mol. The zero-order chi connectivity index (χ0) is 9.52. The van der Waals surface area contributed by atoms with E-state index < -0.39 is 0 Å². The first-order valence-electron chi connectivity index (χ1n) is 4.40. The molecule has 0 amide bonds. The van der Waals surface area contributed by atoms with Crippen LogP contribution in [0.1, 0.15) is 13.3 Å². The molecule has 0 saturated heterocycles. The molecule has 0 fully saturated rings. The molecule has 1 atom stereocenters. The molecule has 72 valence electrons. The Labute approximate surface area is 78.3 Å². The number of nitrogens with one attached hydrogen (secondary N) is 1. The summed E-state index contributed by atoms with van der Waals surface area (Å²) in [4.78, 5) is 0. The molecule has 4 heteroatoms. The first-order valence-corrected chi connectivity index (χ1v) is 4.40. The number of aromatic nitrogens is 2. The van der Waals surface area contributed by atoms with Gasteiger partial charge in [0.05, 0.1) is 12.6 Å². The van der Waals surface area contributed by atoms with Crippen LogP contribution in [0.25, 0.3) is 0 Å². The van der Waals surface area contributed by atoms with E-state index in [1.54, 1.807) is 13.3 Å². The molecule has 1 N–H and O–H groups in total. The van der Waals surface area contributed by atoms with Crippen LogP contribution in [0.2, 0.25) is 0 Å². The van der Waals surface area contributed by atoms with Gasteiger partial charge in [-0.15, -0.1) is 5.10 Å². The minimum Gasteiger partial charge on any atom is -0.383 e. The van der Waals surface area contributed by atoms with Gasteiger partial charge in [0, 0.05) is 13.3 Å². The van der Waals surface area contributed by atoms with Crippen molar-refractivity contribution < 1.29 is 4.74 Å². The van der Waals surface area contributed by atoms with E-state index in [-0.39, 0.29) is 0 Å². The van der Waals surface area contributed by atoms with Gasteiger partial charge in [0.25, 0.3) is 0 Å². The van der Waals surface area contributed by atoms with Gasteiger partial charge in [-0.1, -0.05) is 6.92 Å². The highest BCUT2D eigenvalue weighted by molar-refractivity contribution is 5.32. The fourth-order valence-electron chi connectivity index (χ4n) is 1.05. The maximum absolute atomic E-state index is 5.06. The fourth-order valence-corrected chi connectivity index (χ4v) is 1.05. The predicted octanol–water partition coefficient (Wildman–Crippen LogP) is 1.31. The summed E-state index contributed by atoms with van der Waals surface area (Å²) in [5.41, 5.74) is 0. The first-order chi connectivity index (χ1) is 6.36. The van der Waals surface area contributed by atoms with Gasteiger partial charge in [-0.2, -0.15) is 5.10 Å². The lowest BCUT2D eigenvalue weighted by molar-refractivity contribution is 0.184. The van der Waals surface area contributed by atoms with Crippen LogP contribution in [0.15, 0.2) is 18.3 Å². The molecule has 0 radical (unpaired) electrons. The molecule has 1 unspecified atom stereocenters. The van der Waals surface area contributed by atoms with Crippen molar-refractivity contribution in [2.45, 2.75) is 19.4 Å². The third kappa shape index (κ3) is 3.38. The van der Waals surface area contributed by atoms with Crippen molar-refractivity contribution >= 4 is 5.82 Å². The van der Waals surface area contributed by atoms with E-state index in [2.05, 4.69) is 22.4 Å². The normalized spacial score (nSPS) is 12.5. The largest absolute Gasteiger partial charge is 0.383 e. The second kappa shape index (κ2) is 5.48. The molecule has 1 aromatic heterocycles. The molecular formula is C9H15N3O. The minimum absolute atomic E-state index is 0.307. The van der Waals surface area contributed by atoms with Gasteiger partial charge in [-0.3, -0.25) is 0 Å². The first kappa shape index (κ1) is 9.92. The second-order valence-corrected chi connectivity index (χ2v) is 2.81. The van der Waals surface area contributed by atoms with E-state index in [0.29, 0.717) is 12.6 Å². The van der Waals surface area contributed by atoms with Crippen LogP contribution in [0, 0.1) is 0 Å². The van der Waals surface area contributed by atoms with Crippen molar-refractivity contribution in [3.63, 3.8) is 0 Å². The average molecular weight is 181 g/mol. The summed E-state index contributed by atoms with van der Waals surface area (Å²) in [6.45, 7) is 2.79. The molecule has 0 saturated carbocycles. The fraction of sp³-hybridized carbons (Fsp3) is 0.556. The summed E-state index contributed by atoms with van der Waals surface area (Å²) in [6.07, 6.45) is 2.66. The maximum Gasteiger partial charge on any atom is 0.148 e. The summed E-state index contributed by atoms with van der Waals surface area (Å²) in [5, 5.41) is 10.9. The Morgan fingerprint density at radius 3 is 3.00 bits per heavy atom. The van der Waals surface area contributed by atoms with Crippen LogP contribution in [0.4, 0.5) is 5.82 Å². The van der Waals surface area contributed by atoms with Gasteiger partial charge in [0.1, 0.15) is 5.82 Å². The van der Waals surface area contributed by atoms with Crippen molar-refractivity contribution in [2.24, 2.45) is 0 Å². The number of nitrogens with zero attached hydrogens (tertiary/aromatic N) is 2. The van der Waals surface area contributed by atoms with Crippen molar-refractivity contribution in [2.75, 3.05) is 19.0 Å². The van der Waals surface area contributed by atoms with Crippen LogP contribution in [0.3, 0.4) is 0 Å². The number of hydrogen-bond acceptors (Lipinski definition) is 4. The number of anilines is 1. The van der Waals surface area contributed by atoms with Gasteiger partial charge in [-0.05, 0) is 18.6 Å². The molecule has 4 nitrogen and oxygen atoms in total. The van der Waals surface area contributed by atoms with Gasteiger partial charge < -0.3 is 10.1 Å². The summed E-state index contributed by atoms with van der Waals surface area (Å²) >= 11 is 0. The molecule has 0 aliphatic rings. The van der Waals surface area contributed by atoms with Crippen LogP contribution >= 0.6 is 0 Å². The molecule has 13 heavy (non-hydrogen) atoms. The van der Waals surface area contributed by atoms with E-state index in [9.17, 15) is 0 Å². The molecule has 0 aliphatic carbocycles. The SMILES string of the molecule is CCC(COC)Nc1cccnn1. The third-order valence-corrected chi connectivity index (χ3v) is 1.78. The lowest BCUT2D eigenvalue weighted by atomic mass is 10.2. The minimum atomic E-state index is 0.307. The predicted molar refractivity (Wildman–Crippen MR) is 51.6 cm³/mol. The number of rotatable bonds is 5. The quantitative estimate of drug-likeness (QED) is 0.744. The summed E-state index contributed by atoms with van der Waals surface area (Å²) in [5.74, 6) is 0.798. The Kier molecular flexibility index (Phi) is 4.18. The molecule has 1 rings (SSSR count). The van der Waals surface area contributed by atoms with Gasteiger partial charge in [-0.25, -0.2) is 0 Å². The Bertz CT molecular complexity index is 228. The molecule has 0 bridgehead atoms. The van der Waals surface area contributed by atoms with E-state index in [1.807, 2.05) is 12.1 Å². The zero-order valence-corrected chi connectivity index (χ0v) is 8.03. The van der Waals surface area contributed by atoms with E-state index in [0.717, 1.165) is 12.2 Å². The van der Waals surface area contributed by atoms with Crippen molar-refractivity contribution in [3.8, 4) is 0 Å². The topological polar surface area (TPSA) is 47.0 Å². The Morgan fingerprint density at radius 1 is 1.62 bits per heavy atom. The number of hydrogen-bond donors (Lipinski definition) is 1. The highest BCUT2D eigenvalue weighted by Gasteiger charge is 2.05. The van der Waals surface area contributed by atoms with Crippen LogP contribution in [0.5, 0.6) is 0 Å². The Morgan fingerprint density at radius 2 is 2.46 bits per heavy atom. The third-order valence-electron chi connectivity index (χ3n) is 1.78. The number of ether oxygens (including phenoxy) is 1. The molecule has 0 spiro atoms. The van der Waals surface area contributed by atoms with Crippen molar-refractivity contribution in [3.05, 3.63) is 18.3 Å². The Hall–Kier alpha value is -1.16. The zero-order valence-electron chi connectivity index (χ0n) is 8.03. The van der Waals surface area contributed by atoms with Crippen LogP contribution < -0.4 is 5.32 Å². The average Bonchev–Trinajstić information content (AvgIpc) is 2.19. The summed E-state index contributed by atoms with van der Waals surface area (Å²) in [6, 6.07) is 4.06. The lowest BCUT2D eigenvalue weighted by Gasteiger charge is -2.15. The van der Waals surface area contributed by atoms with Crippen molar-refractivity contribution in [1.29, 1.82) is 0 Å². The van der Waals surface area contributed by atoms with E-state index in [4.69, 9.17) is 4.74 Å². The number of methoxy groups -OCH3 is 1. The summed E-state index contributed by atoms with van der Waals surface area (Å²) in [7, 11) is 1.70. The van der Waals surface area contributed by atoms with Crippen LogP contribution in [-0.2, 0) is 4.74 Å². The smallest absolute Gasteiger partial charge is 0.148 e. The molecule has 1 aromatic rings. The molecule has 0 aliphatic heterocycles. The van der Waals surface area contributed by atoms with E-state index >= 15 is 0 Å². The second-order valence-electron chi connectivity index (χ2n) is 2.81. The van der Waals surface area contributed by atoms with Gasteiger partial charge in [0.2, 0.25) is 0 Å². The summed E-state index contributed by atoms with van der Waals surface area (Å²) < 4.78 is 5.06. The molecule has 0 aromatic carbocycles. The lowest BCUT2D eigenvalue weighted by Crippen LogP contribution is -2.24. The molecule has 1 heterocycles. The monoisotopic (exact) mass is 181 g/mol. The Balaban J connectivity index is 2.46.